The number of dihydropyridines is 1. The van der Waals surface area contributed by atoms with Gasteiger partial charge in [-0.1, -0.05) is 18.2 Å². The van der Waals surface area contributed by atoms with Crippen molar-refractivity contribution in [1.82, 2.24) is 5.32 Å². The number of rotatable bonds is 7. The van der Waals surface area contributed by atoms with E-state index in [-0.39, 0.29) is 11.7 Å². The molecule has 1 amide bonds. The van der Waals surface area contributed by atoms with Crippen LogP contribution in [0.4, 0.5) is 5.69 Å². The van der Waals surface area contributed by atoms with Gasteiger partial charge < -0.3 is 29.6 Å². The predicted octanol–water partition coefficient (Wildman–Crippen LogP) is 4.33. The summed E-state index contributed by atoms with van der Waals surface area (Å²) in [5, 5.41) is 6.30. The Morgan fingerprint density at radius 3 is 2.31 bits per heavy atom. The van der Waals surface area contributed by atoms with Crippen molar-refractivity contribution in [1.29, 1.82) is 0 Å². The number of carbonyl (C=O) groups is 2. The third-order valence-electron chi connectivity index (χ3n) is 6.42. The maximum absolute atomic E-state index is 13.8. The van der Waals surface area contributed by atoms with Gasteiger partial charge in [-0.15, -0.1) is 0 Å². The van der Waals surface area contributed by atoms with E-state index >= 15 is 0 Å². The second kappa shape index (κ2) is 10.1. The van der Waals surface area contributed by atoms with Gasteiger partial charge in [-0.3, -0.25) is 9.59 Å². The third kappa shape index (κ3) is 4.32. The first-order valence-corrected chi connectivity index (χ1v) is 11.4. The molecule has 184 valence electrons. The minimum Gasteiger partial charge on any atom is -0.495 e. The van der Waals surface area contributed by atoms with Gasteiger partial charge in [-0.25, -0.2) is 0 Å². The van der Waals surface area contributed by atoms with E-state index in [9.17, 15) is 9.59 Å². The maximum Gasteiger partial charge on any atom is 0.254 e. The lowest BCUT2D eigenvalue weighted by molar-refractivity contribution is -0.116. The van der Waals surface area contributed by atoms with Crippen molar-refractivity contribution in [2.45, 2.75) is 32.1 Å². The highest BCUT2D eigenvalue weighted by molar-refractivity contribution is 6.10. The first kappa shape index (κ1) is 24.2. The molecule has 8 nitrogen and oxygen atoms in total. The van der Waals surface area contributed by atoms with Crippen LogP contribution >= 0.6 is 0 Å². The van der Waals surface area contributed by atoms with Crippen LogP contribution in [0.5, 0.6) is 23.0 Å². The summed E-state index contributed by atoms with van der Waals surface area (Å²) in [4.78, 5) is 27.0. The van der Waals surface area contributed by atoms with Crippen LogP contribution in [0, 0.1) is 0 Å². The van der Waals surface area contributed by atoms with Crippen LogP contribution in [-0.4, -0.2) is 40.1 Å². The molecule has 0 aromatic heterocycles. The lowest BCUT2D eigenvalue weighted by atomic mass is 9.74. The molecule has 8 heteroatoms. The Morgan fingerprint density at radius 2 is 1.63 bits per heavy atom. The minimum atomic E-state index is -0.650. The fourth-order valence-electron chi connectivity index (χ4n) is 4.88. The molecule has 4 rings (SSSR count). The zero-order chi connectivity index (χ0) is 25.1. The van der Waals surface area contributed by atoms with Crippen molar-refractivity contribution >= 4 is 17.4 Å². The smallest absolute Gasteiger partial charge is 0.254 e. The molecule has 2 aromatic carbocycles. The molecule has 0 saturated carbocycles. The Hall–Kier alpha value is -3.94. The van der Waals surface area contributed by atoms with Gasteiger partial charge in [0.15, 0.2) is 17.3 Å². The van der Waals surface area contributed by atoms with E-state index in [1.807, 2.05) is 25.1 Å². The first-order valence-electron chi connectivity index (χ1n) is 11.4. The molecule has 0 spiro atoms. The summed E-state index contributed by atoms with van der Waals surface area (Å²) in [5.74, 6) is 0.868. The summed E-state index contributed by atoms with van der Waals surface area (Å²) in [6.07, 6.45) is 1.91. The molecule has 0 radical (unpaired) electrons. The van der Waals surface area contributed by atoms with Crippen molar-refractivity contribution in [3.8, 4) is 23.0 Å². The maximum atomic E-state index is 13.8. The number of Topliss-reactive ketones (excluding diaryl/α,β-unsaturated/α-hetero) is 1. The highest BCUT2D eigenvalue weighted by Crippen LogP contribution is 2.50. The van der Waals surface area contributed by atoms with E-state index in [1.165, 1.54) is 14.2 Å². The fraction of sp³-hybridized carbons (Fsp3) is 0.333. The van der Waals surface area contributed by atoms with Crippen molar-refractivity contribution in [3.05, 3.63) is 64.5 Å². The first-order chi connectivity index (χ1) is 16.9. The summed E-state index contributed by atoms with van der Waals surface area (Å²) in [6, 6.07) is 10.8. The number of carbonyl (C=O) groups excluding carboxylic acids is 2. The molecule has 2 aliphatic rings. The largest absolute Gasteiger partial charge is 0.495 e. The standard InChI is InChI=1S/C27H30N2O6/c1-15-22(27(31)29-17-9-6-7-12-20(17)32-2)23(24-18(28-15)10-8-11-19(24)30)16-13-14-21(33-3)26(35-5)25(16)34-4/h6-7,9,12-14,23,28H,8,10-11H2,1-5H3,(H,29,31)/t23-/m1/s1. The SMILES string of the molecule is COc1ccccc1NC(=O)C1=C(C)NC2=C(C(=O)CCC2)[C@@H]1c1ccc(OC)c(OC)c1OC. The molecule has 1 heterocycles. The van der Waals surface area contributed by atoms with Gasteiger partial charge in [0, 0.05) is 34.5 Å². The number of benzene rings is 2. The molecular formula is C27H30N2O6. The molecule has 35 heavy (non-hydrogen) atoms. The van der Waals surface area contributed by atoms with Gasteiger partial charge in [-0.05, 0) is 38.0 Å². The number of hydrogen-bond donors (Lipinski definition) is 2. The summed E-state index contributed by atoms with van der Waals surface area (Å²) >= 11 is 0. The van der Waals surface area contributed by atoms with Crippen LogP contribution in [0.2, 0.25) is 0 Å². The fourth-order valence-corrected chi connectivity index (χ4v) is 4.88. The van der Waals surface area contributed by atoms with E-state index in [0.717, 1.165) is 18.5 Å². The lowest BCUT2D eigenvalue weighted by Gasteiger charge is -2.35. The number of amides is 1. The van der Waals surface area contributed by atoms with Crippen LogP contribution < -0.4 is 29.6 Å². The van der Waals surface area contributed by atoms with Gasteiger partial charge in [0.05, 0.1) is 40.0 Å². The van der Waals surface area contributed by atoms with Crippen molar-refractivity contribution in [2.75, 3.05) is 33.8 Å². The summed E-state index contributed by atoms with van der Waals surface area (Å²) in [6.45, 7) is 1.85. The number of nitrogens with one attached hydrogen (secondary N) is 2. The molecular weight excluding hydrogens is 448 g/mol. The lowest BCUT2D eigenvalue weighted by Crippen LogP contribution is -2.35. The summed E-state index contributed by atoms with van der Waals surface area (Å²) in [7, 11) is 6.15. The zero-order valence-corrected chi connectivity index (χ0v) is 20.6. The number of anilines is 1. The Labute approximate surface area is 204 Å². The number of allylic oxidation sites excluding steroid dienone is 3. The Morgan fingerprint density at radius 1 is 0.914 bits per heavy atom. The second-order valence-electron chi connectivity index (χ2n) is 8.34. The molecule has 1 aliphatic carbocycles. The molecule has 1 atom stereocenters. The van der Waals surface area contributed by atoms with Crippen LogP contribution in [0.15, 0.2) is 58.9 Å². The monoisotopic (exact) mass is 478 g/mol. The van der Waals surface area contributed by atoms with Gasteiger partial charge in [0.2, 0.25) is 5.75 Å². The van der Waals surface area contributed by atoms with Crippen LogP contribution in [-0.2, 0) is 9.59 Å². The van der Waals surface area contributed by atoms with Crippen LogP contribution in [0.3, 0.4) is 0 Å². The molecule has 2 aromatic rings. The number of para-hydroxylation sites is 2. The highest BCUT2D eigenvalue weighted by atomic mass is 16.5. The summed E-state index contributed by atoms with van der Waals surface area (Å²) in [5.41, 5.74) is 3.71. The Kier molecular flexibility index (Phi) is 7.00. The van der Waals surface area contributed by atoms with Crippen LogP contribution in [0.25, 0.3) is 0 Å². The molecule has 1 aliphatic heterocycles. The quantitative estimate of drug-likeness (QED) is 0.612. The molecule has 0 saturated heterocycles. The van der Waals surface area contributed by atoms with E-state index in [2.05, 4.69) is 10.6 Å². The molecule has 0 unspecified atom stereocenters. The van der Waals surface area contributed by atoms with Crippen LogP contribution in [0.1, 0.15) is 37.7 Å². The van der Waals surface area contributed by atoms with E-state index in [1.54, 1.807) is 32.4 Å². The molecule has 0 bridgehead atoms. The number of ether oxygens (including phenoxy) is 4. The van der Waals surface area contributed by atoms with Gasteiger partial charge >= 0.3 is 0 Å². The topological polar surface area (TPSA) is 95.1 Å². The molecule has 0 fully saturated rings. The van der Waals surface area contributed by atoms with Crippen molar-refractivity contribution in [3.63, 3.8) is 0 Å². The zero-order valence-electron chi connectivity index (χ0n) is 20.6. The van der Waals surface area contributed by atoms with E-state index < -0.39 is 5.92 Å². The number of hydrogen-bond acceptors (Lipinski definition) is 7. The van der Waals surface area contributed by atoms with Crippen molar-refractivity contribution < 1.29 is 28.5 Å². The highest BCUT2D eigenvalue weighted by Gasteiger charge is 2.40. The van der Waals surface area contributed by atoms with Gasteiger partial charge in [0.25, 0.3) is 5.91 Å². The average molecular weight is 479 g/mol. The van der Waals surface area contributed by atoms with E-state index in [4.69, 9.17) is 18.9 Å². The molecule has 2 N–H and O–H groups in total. The average Bonchev–Trinajstić information content (AvgIpc) is 2.87. The second-order valence-corrected chi connectivity index (χ2v) is 8.34. The number of ketones is 1. The normalized spacial score (nSPS) is 17.4. The van der Waals surface area contributed by atoms with Crippen molar-refractivity contribution in [2.24, 2.45) is 0 Å². The third-order valence-corrected chi connectivity index (χ3v) is 6.42. The predicted molar refractivity (Wildman–Crippen MR) is 132 cm³/mol. The number of methoxy groups -OCH3 is 4. The van der Waals surface area contributed by atoms with Gasteiger partial charge in [-0.2, -0.15) is 0 Å². The van der Waals surface area contributed by atoms with E-state index in [0.29, 0.717) is 57.5 Å². The Bertz CT molecular complexity index is 1230. The minimum absolute atomic E-state index is 0.00989. The van der Waals surface area contributed by atoms with Gasteiger partial charge in [0.1, 0.15) is 5.75 Å². The Balaban J connectivity index is 1.89. The summed E-state index contributed by atoms with van der Waals surface area (Å²) < 4.78 is 22.2.